The summed E-state index contributed by atoms with van der Waals surface area (Å²) in [6.45, 7) is 2.10. The van der Waals surface area contributed by atoms with Crippen LogP contribution in [-0.2, 0) is 0 Å². The van der Waals surface area contributed by atoms with Crippen LogP contribution < -0.4 is 0 Å². The molecule has 2 heterocycles. The molecule has 0 atom stereocenters. The van der Waals surface area contributed by atoms with Gasteiger partial charge in [-0.2, -0.15) is 0 Å². The Morgan fingerprint density at radius 2 is 2.06 bits per heavy atom. The normalized spacial score (nSPS) is 10.8. The van der Waals surface area contributed by atoms with E-state index in [9.17, 15) is 0 Å². The lowest BCUT2D eigenvalue weighted by atomic mass is 10.1. The molecular weight excluding hydrogens is 196 g/mol. The van der Waals surface area contributed by atoms with Gasteiger partial charge in [0.25, 0.3) is 0 Å². The standard InChI is InChI=1S/C14H12N2/c1-10-3-2-4-11(9-10)14-12-5-7-15-13(12)6-8-16-14/h2-9,15H,1H3. The van der Waals surface area contributed by atoms with E-state index in [1.54, 1.807) is 0 Å². The van der Waals surface area contributed by atoms with Crippen LogP contribution in [0.2, 0.25) is 0 Å². The number of hydrogen-bond acceptors (Lipinski definition) is 1. The van der Waals surface area contributed by atoms with Gasteiger partial charge in [-0.25, -0.2) is 0 Å². The minimum absolute atomic E-state index is 1.04. The van der Waals surface area contributed by atoms with Crippen molar-refractivity contribution in [2.24, 2.45) is 0 Å². The molecule has 0 bridgehead atoms. The van der Waals surface area contributed by atoms with Crippen molar-refractivity contribution in [2.75, 3.05) is 0 Å². The van der Waals surface area contributed by atoms with E-state index in [-0.39, 0.29) is 0 Å². The summed E-state index contributed by atoms with van der Waals surface area (Å²) in [6, 6.07) is 12.5. The molecular formula is C14H12N2. The highest BCUT2D eigenvalue weighted by Gasteiger charge is 2.05. The fraction of sp³-hybridized carbons (Fsp3) is 0.0714. The van der Waals surface area contributed by atoms with Gasteiger partial charge in [0.05, 0.1) is 5.69 Å². The molecule has 0 saturated heterocycles. The summed E-state index contributed by atoms with van der Waals surface area (Å²) in [4.78, 5) is 7.67. The van der Waals surface area contributed by atoms with E-state index in [1.807, 2.05) is 18.5 Å². The number of hydrogen-bond donors (Lipinski definition) is 1. The second-order valence-electron chi connectivity index (χ2n) is 3.97. The molecule has 0 aliphatic heterocycles. The Bertz CT molecular complexity index is 638. The number of aryl methyl sites for hydroxylation is 1. The molecule has 2 aromatic heterocycles. The van der Waals surface area contributed by atoms with Crippen molar-refractivity contribution in [3.8, 4) is 11.3 Å². The van der Waals surface area contributed by atoms with Gasteiger partial charge in [0, 0.05) is 28.9 Å². The minimum Gasteiger partial charge on any atom is -0.361 e. The third-order valence-corrected chi connectivity index (χ3v) is 2.77. The summed E-state index contributed by atoms with van der Waals surface area (Å²) < 4.78 is 0. The Morgan fingerprint density at radius 1 is 1.12 bits per heavy atom. The maximum absolute atomic E-state index is 4.47. The zero-order chi connectivity index (χ0) is 11.0. The molecule has 78 valence electrons. The van der Waals surface area contributed by atoms with Gasteiger partial charge in [0.15, 0.2) is 0 Å². The molecule has 1 aromatic carbocycles. The van der Waals surface area contributed by atoms with Crippen molar-refractivity contribution >= 4 is 10.9 Å². The monoisotopic (exact) mass is 208 g/mol. The molecule has 0 spiro atoms. The van der Waals surface area contributed by atoms with E-state index in [0.717, 1.165) is 11.2 Å². The molecule has 3 rings (SSSR count). The maximum Gasteiger partial charge on any atom is 0.0795 e. The van der Waals surface area contributed by atoms with E-state index in [0.29, 0.717) is 0 Å². The quantitative estimate of drug-likeness (QED) is 0.651. The Labute approximate surface area is 94.0 Å². The highest BCUT2D eigenvalue weighted by atomic mass is 14.7. The topological polar surface area (TPSA) is 28.7 Å². The van der Waals surface area contributed by atoms with Crippen LogP contribution in [0.3, 0.4) is 0 Å². The van der Waals surface area contributed by atoms with Crippen molar-refractivity contribution in [1.29, 1.82) is 0 Å². The molecule has 2 nitrogen and oxygen atoms in total. The lowest BCUT2D eigenvalue weighted by molar-refractivity contribution is 1.34. The van der Waals surface area contributed by atoms with Crippen LogP contribution in [0.15, 0.2) is 48.8 Å². The average Bonchev–Trinajstić information content (AvgIpc) is 2.76. The van der Waals surface area contributed by atoms with Gasteiger partial charge in [-0.3, -0.25) is 4.98 Å². The largest absolute Gasteiger partial charge is 0.361 e. The molecule has 0 saturated carbocycles. The fourth-order valence-electron chi connectivity index (χ4n) is 2.00. The Kier molecular flexibility index (Phi) is 2.00. The van der Waals surface area contributed by atoms with Crippen LogP contribution in [0, 0.1) is 6.92 Å². The Morgan fingerprint density at radius 3 is 2.94 bits per heavy atom. The first-order chi connectivity index (χ1) is 7.84. The van der Waals surface area contributed by atoms with E-state index in [1.165, 1.54) is 16.5 Å². The van der Waals surface area contributed by atoms with Gasteiger partial charge < -0.3 is 4.98 Å². The summed E-state index contributed by atoms with van der Waals surface area (Å²) in [7, 11) is 0. The SMILES string of the molecule is Cc1cccc(-c2nccc3[nH]ccc23)c1. The summed E-state index contributed by atoms with van der Waals surface area (Å²) >= 11 is 0. The van der Waals surface area contributed by atoms with Gasteiger partial charge in [-0.05, 0) is 25.1 Å². The number of rotatable bonds is 1. The zero-order valence-electron chi connectivity index (χ0n) is 9.07. The second kappa shape index (κ2) is 3.49. The van der Waals surface area contributed by atoms with Gasteiger partial charge in [0.1, 0.15) is 0 Å². The van der Waals surface area contributed by atoms with Crippen LogP contribution in [0.5, 0.6) is 0 Å². The van der Waals surface area contributed by atoms with Gasteiger partial charge in [0.2, 0.25) is 0 Å². The number of aromatic nitrogens is 2. The first-order valence-electron chi connectivity index (χ1n) is 5.34. The molecule has 0 aliphatic rings. The number of aromatic amines is 1. The predicted octanol–water partition coefficient (Wildman–Crippen LogP) is 3.54. The van der Waals surface area contributed by atoms with Gasteiger partial charge >= 0.3 is 0 Å². The number of H-pyrrole nitrogens is 1. The third-order valence-electron chi connectivity index (χ3n) is 2.77. The van der Waals surface area contributed by atoms with Gasteiger partial charge in [-0.1, -0.05) is 23.8 Å². The van der Waals surface area contributed by atoms with E-state index >= 15 is 0 Å². The van der Waals surface area contributed by atoms with Crippen molar-refractivity contribution < 1.29 is 0 Å². The van der Waals surface area contributed by atoms with Crippen LogP contribution in [0.25, 0.3) is 22.2 Å². The number of nitrogens with one attached hydrogen (secondary N) is 1. The van der Waals surface area contributed by atoms with Crippen LogP contribution in [-0.4, -0.2) is 9.97 Å². The van der Waals surface area contributed by atoms with Crippen LogP contribution >= 0.6 is 0 Å². The van der Waals surface area contributed by atoms with Crippen molar-refractivity contribution in [3.05, 3.63) is 54.4 Å². The van der Waals surface area contributed by atoms with Crippen molar-refractivity contribution in [2.45, 2.75) is 6.92 Å². The molecule has 3 aromatic rings. The maximum atomic E-state index is 4.47. The van der Waals surface area contributed by atoms with Crippen molar-refractivity contribution in [1.82, 2.24) is 9.97 Å². The van der Waals surface area contributed by atoms with Crippen LogP contribution in [0.4, 0.5) is 0 Å². The minimum atomic E-state index is 1.04. The molecule has 0 unspecified atom stereocenters. The smallest absolute Gasteiger partial charge is 0.0795 e. The molecule has 0 aliphatic carbocycles. The van der Waals surface area contributed by atoms with E-state index < -0.39 is 0 Å². The number of nitrogens with zero attached hydrogens (tertiary/aromatic N) is 1. The predicted molar refractivity (Wildman–Crippen MR) is 66.3 cm³/mol. The van der Waals surface area contributed by atoms with Crippen molar-refractivity contribution in [3.63, 3.8) is 0 Å². The average molecular weight is 208 g/mol. The lowest BCUT2D eigenvalue weighted by Gasteiger charge is -2.03. The Hall–Kier alpha value is -2.09. The number of pyridine rings is 1. The summed E-state index contributed by atoms with van der Waals surface area (Å²) in [6.07, 6.45) is 3.79. The number of fused-ring (bicyclic) bond motifs is 1. The van der Waals surface area contributed by atoms with Crippen LogP contribution in [0.1, 0.15) is 5.56 Å². The first-order valence-corrected chi connectivity index (χ1v) is 5.34. The van der Waals surface area contributed by atoms with E-state index in [4.69, 9.17) is 0 Å². The second-order valence-corrected chi connectivity index (χ2v) is 3.97. The van der Waals surface area contributed by atoms with E-state index in [2.05, 4.69) is 47.2 Å². The highest BCUT2D eigenvalue weighted by Crippen LogP contribution is 2.25. The molecule has 0 amide bonds. The molecule has 1 N–H and O–H groups in total. The Balaban J connectivity index is 2.29. The molecule has 0 fully saturated rings. The molecule has 0 radical (unpaired) electrons. The summed E-state index contributed by atoms with van der Waals surface area (Å²) in [5.41, 5.74) is 4.60. The molecule has 16 heavy (non-hydrogen) atoms. The van der Waals surface area contributed by atoms with Gasteiger partial charge in [-0.15, -0.1) is 0 Å². The first kappa shape index (κ1) is 9.16. The molecule has 2 heteroatoms. The third kappa shape index (κ3) is 1.39. The highest BCUT2D eigenvalue weighted by molar-refractivity contribution is 5.92. The summed E-state index contributed by atoms with van der Waals surface area (Å²) in [5, 5.41) is 1.17. The lowest BCUT2D eigenvalue weighted by Crippen LogP contribution is -1.84. The zero-order valence-corrected chi connectivity index (χ0v) is 9.07. The summed E-state index contributed by atoms with van der Waals surface area (Å²) in [5.74, 6) is 0. The fourth-order valence-corrected chi connectivity index (χ4v) is 2.00. The number of benzene rings is 1.